The Morgan fingerprint density at radius 1 is 1.16 bits per heavy atom. The van der Waals surface area contributed by atoms with Gasteiger partial charge in [0, 0.05) is 19.6 Å². The number of carbonyl (C=O) groups is 1. The molecule has 2 rings (SSSR count). The first-order valence-corrected chi connectivity index (χ1v) is 8.14. The predicted octanol–water partition coefficient (Wildman–Crippen LogP) is -1.10. The van der Waals surface area contributed by atoms with E-state index in [-0.39, 0.29) is 19.1 Å². The van der Waals surface area contributed by atoms with E-state index in [9.17, 15) is 13.2 Å². The van der Waals surface area contributed by atoms with Crippen molar-refractivity contribution in [1.29, 1.82) is 0 Å². The molecular weight excluding hydrogens is 272 g/mol. The first kappa shape index (κ1) is 14.7. The summed E-state index contributed by atoms with van der Waals surface area (Å²) in [6, 6.07) is 0. The van der Waals surface area contributed by atoms with E-state index in [2.05, 4.69) is 0 Å². The summed E-state index contributed by atoms with van der Waals surface area (Å²) in [7, 11) is -3.30. The Bertz CT molecular complexity index is 446. The summed E-state index contributed by atoms with van der Waals surface area (Å²) in [6.45, 7) is 4.33. The number of ether oxygens (including phenoxy) is 2. The number of amides is 1. The Kier molecular flexibility index (Phi) is 4.14. The number of carbonyl (C=O) groups excluding carboxylic acids is 1. The van der Waals surface area contributed by atoms with Crippen molar-refractivity contribution in [3.63, 3.8) is 0 Å². The molecule has 2 heterocycles. The summed E-state index contributed by atoms with van der Waals surface area (Å²) in [5.74, 6) is -0.163. The topological polar surface area (TPSA) is 76.2 Å². The number of nitrogens with zero attached hydrogens (tertiary/aromatic N) is 2. The van der Waals surface area contributed by atoms with Crippen molar-refractivity contribution in [2.24, 2.45) is 0 Å². The second-order valence-corrected chi connectivity index (χ2v) is 7.06. The lowest BCUT2D eigenvalue weighted by molar-refractivity contribution is -0.167. The van der Waals surface area contributed by atoms with Crippen LogP contribution in [0.15, 0.2) is 0 Å². The lowest BCUT2D eigenvalue weighted by atomic mass is 10.0. The largest absolute Gasteiger partial charge is 0.378 e. The van der Waals surface area contributed by atoms with Gasteiger partial charge >= 0.3 is 0 Å². The second-order valence-electron chi connectivity index (χ2n) is 5.08. The van der Waals surface area contributed by atoms with Crippen LogP contribution in [0.5, 0.6) is 0 Å². The standard InChI is InChI=1S/C11H20N2O5S/c1-11(10(14)12-3-6-17-7-4-12)9-13(5-8-18-11)19(2,15)16/h3-9H2,1-2H3. The third-order valence-electron chi connectivity index (χ3n) is 3.46. The van der Waals surface area contributed by atoms with Crippen LogP contribution in [0.2, 0.25) is 0 Å². The van der Waals surface area contributed by atoms with E-state index < -0.39 is 15.6 Å². The minimum atomic E-state index is -3.30. The quantitative estimate of drug-likeness (QED) is 0.645. The van der Waals surface area contributed by atoms with Gasteiger partial charge in [-0.3, -0.25) is 4.79 Å². The van der Waals surface area contributed by atoms with Crippen LogP contribution in [0.25, 0.3) is 0 Å². The maximum absolute atomic E-state index is 12.5. The van der Waals surface area contributed by atoms with Gasteiger partial charge in [-0.2, -0.15) is 4.31 Å². The van der Waals surface area contributed by atoms with Crippen LogP contribution < -0.4 is 0 Å². The molecule has 2 aliphatic heterocycles. The Morgan fingerprint density at radius 2 is 1.79 bits per heavy atom. The molecule has 8 heteroatoms. The van der Waals surface area contributed by atoms with E-state index in [4.69, 9.17) is 9.47 Å². The summed E-state index contributed by atoms with van der Waals surface area (Å²) < 4.78 is 35.3. The van der Waals surface area contributed by atoms with E-state index in [1.165, 1.54) is 4.31 Å². The van der Waals surface area contributed by atoms with Gasteiger partial charge < -0.3 is 14.4 Å². The molecule has 0 saturated carbocycles. The number of sulfonamides is 1. The molecule has 1 atom stereocenters. The van der Waals surface area contributed by atoms with Gasteiger partial charge in [-0.25, -0.2) is 8.42 Å². The van der Waals surface area contributed by atoms with Crippen LogP contribution in [0, 0.1) is 0 Å². The lowest BCUT2D eigenvalue weighted by Gasteiger charge is -2.41. The average molecular weight is 292 g/mol. The predicted molar refractivity (Wildman–Crippen MR) is 68.2 cm³/mol. The van der Waals surface area contributed by atoms with Gasteiger partial charge in [0.05, 0.1) is 32.6 Å². The molecule has 0 spiro atoms. The Labute approximate surface area is 113 Å². The van der Waals surface area contributed by atoms with E-state index in [0.29, 0.717) is 32.8 Å². The van der Waals surface area contributed by atoms with Gasteiger partial charge in [-0.05, 0) is 6.92 Å². The number of morpholine rings is 2. The highest BCUT2D eigenvalue weighted by Gasteiger charge is 2.44. The molecule has 0 aromatic carbocycles. The zero-order valence-electron chi connectivity index (χ0n) is 11.3. The van der Waals surface area contributed by atoms with Crippen LogP contribution in [0.3, 0.4) is 0 Å². The molecule has 7 nitrogen and oxygen atoms in total. The summed E-state index contributed by atoms with van der Waals surface area (Å²) in [5.41, 5.74) is -1.10. The molecule has 0 N–H and O–H groups in total. The maximum Gasteiger partial charge on any atom is 0.256 e. The van der Waals surface area contributed by atoms with Crippen molar-refractivity contribution in [3.8, 4) is 0 Å². The fraction of sp³-hybridized carbons (Fsp3) is 0.909. The molecule has 19 heavy (non-hydrogen) atoms. The van der Waals surface area contributed by atoms with Gasteiger partial charge in [0.1, 0.15) is 0 Å². The van der Waals surface area contributed by atoms with Gasteiger partial charge in [0.15, 0.2) is 5.60 Å². The summed E-state index contributed by atoms with van der Waals surface area (Å²) in [4.78, 5) is 14.1. The van der Waals surface area contributed by atoms with Crippen molar-refractivity contribution in [2.45, 2.75) is 12.5 Å². The number of hydrogen-bond acceptors (Lipinski definition) is 5. The van der Waals surface area contributed by atoms with Crippen molar-refractivity contribution in [2.75, 3.05) is 52.3 Å². The molecule has 1 amide bonds. The minimum absolute atomic E-state index is 0.0715. The monoisotopic (exact) mass is 292 g/mol. The summed E-state index contributed by atoms with van der Waals surface area (Å²) >= 11 is 0. The van der Waals surface area contributed by atoms with Crippen LogP contribution in [0.4, 0.5) is 0 Å². The summed E-state index contributed by atoms with van der Waals surface area (Å²) in [6.07, 6.45) is 1.15. The van der Waals surface area contributed by atoms with E-state index in [1.807, 2.05) is 0 Å². The number of rotatable bonds is 2. The smallest absolute Gasteiger partial charge is 0.256 e. The Hall–Kier alpha value is -0.700. The highest BCUT2D eigenvalue weighted by molar-refractivity contribution is 7.88. The van der Waals surface area contributed by atoms with Gasteiger partial charge in [-0.1, -0.05) is 0 Å². The molecule has 2 aliphatic rings. The first-order chi connectivity index (χ1) is 8.83. The van der Waals surface area contributed by atoms with E-state index in [1.54, 1.807) is 11.8 Å². The fourth-order valence-electron chi connectivity index (χ4n) is 2.35. The lowest BCUT2D eigenvalue weighted by Crippen LogP contribution is -2.61. The van der Waals surface area contributed by atoms with Crippen molar-refractivity contribution in [1.82, 2.24) is 9.21 Å². The second kappa shape index (κ2) is 5.35. The zero-order valence-corrected chi connectivity index (χ0v) is 12.1. The Morgan fingerprint density at radius 3 is 2.37 bits per heavy atom. The van der Waals surface area contributed by atoms with Gasteiger partial charge in [-0.15, -0.1) is 0 Å². The first-order valence-electron chi connectivity index (χ1n) is 6.29. The molecule has 1 unspecified atom stereocenters. The van der Waals surface area contributed by atoms with Crippen LogP contribution in [-0.4, -0.2) is 81.4 Å². The SMILES string of the molecule is CC1(C(=O)N2CCOCC2)CN(S(C)(=O)=O)CCO1. The minimum Gasteiger partial charge on any atom is -0.378 e. The van der Waals surface area contributed by atoms with Crippen molar-refractivity contribution >= 4 is 15.9 Å². The normalized spacial score (nSPS) is 30.3. The fourth-order valence-corrected chi connectivity index (χ4v) is 3.23. The molecule has 110 valence electrons. The number of hydrogen-bond donors (Lipinski definition) is 0. The third kappa shape index (κ3) is 3.25. The van der Waals surface area contributed by atoms with E-state index in [0.717, 1.165) is 6.26 Å². The molecule has 0 aromatic rings. The molecule has 0 aromatic heterocycles. The third-order valence-corrected chi connectivity index (χ3v) is 4.71. The highest BCUT2D eigenvalue weighted by Crippen LogP contribution is 2.22. The average Bonchev–Trinajstić information content (AvgIpc) is 2.38. The molecule has 2 fully saturated rings. The summed E-state index contributed by atoms with van der Waals surface area (Å²) in [5, 5.41) is 0. The molecule has 0 bridgehead atoms. The maximum atomic E-state index is 12.5. The molecule has 2 saturated heterocycles. The van der Waals surface area contributed by atoms with Crippen molar-refractivity contribution < 1.29 is 22.7 Å². The van der Waals surface area contributed by atoms with Crippen LogP contribution >= 0.6 is 0 Å². The molecule has 0 aliphatic carbocycles. The van der Waals surface area contributed by atoms with Gasteiger partial charge in [0.25, 0.3) is 5.91 Å². The van der Waals surface area contributed by atoms with Crippen LogP contribution in [0.1, 0.15) is 6.92 Å². The van der Waals surface area contributed by atoms with Gasteiger partial charge in [0.2, 0.25) is 10.0 Å². The van der Waals surface area contributed by atoms with Crippen molar-refractivity contribution in [3.05, 3.63) is 0 Å². The zero-order chi connectivity index (χ0) is 14.1. The van der Waals surface area contributed by atoms with Crippen LogP contribution in [-0.2, 0) is 24.3 Å². The van der Waals surface area contributed by atoms with E-state index >= 15 is 0 Å². The molecule has 0 radical (unpaired) electrons. The highest BCUT2D eigenvalue weighted by atomic mass is 32.2. The Balaban J connectivity index is 2.10. The molecular formula is C11H20N2O5S.